The van der Waals surface area contributed by atoms with E-state index in [9.17, 15) is 9.18 Å². The first-order chi connectivity index (χ1) is 11.2. The Morgan fingerprint density at radius 1 is 1.39 bits per heavy atom. The fourth-order valence-corrected chi connectivity index (χ4v) is 2.91. The van der Waals surface area contributed by atoms with Gasteiger partial charge in [-0.05, 0) is 31.5 Å². The van der Waals surface area contributed by atoms with Crippen molar-refractivity contribution < 1.29 is 9.13 Å². The predicted molar refractivity (Wildman–Crippen MR) is 84.8 cm³/mol. The molecule has 0 radical (unpaired) electrons. The molecule has 2 aromatic rings. The van der Waals surface area contributed by atoms with E-state index in [2.05, 4.69) is 14.9 Å². The van der Waals surface area contributed by atoms with E-state index in [1.807, 2.05) is 0 Å². The monoisotopic (exact) mass is 317 g/mol. The van der Waals surface area contributed by atoms with Gasteiger partial charge < -0.3 is 9.72 Å². The zero-order valence-corrected chi connectivity index (χ0v) is 12.9. The molecule has 1 aromatic heterocycles. The number of aromatic amines is 1. The number of hydrogen-bond acceptors (Lipinski definition) is 4. The molecule has 1 aromatic carbocycles. The first-order valence-corrected chi connectivity index (χ1v) is 7.84. The van der Waals surface area contributed by atoms with Gasteiger partial charge in [-0.25, -0.2) is 4.39 Å². The number of H-pyrrole nitrogens is 1. The highest BCUT2D eigenvalue weighted by Crippen LogP contribution is 2.21. The molecule has 0 aliphatic carbocycles. The number of nitrogens with zero attached hydrogens (tertiary/aromatic N) is 2. The van der Waals surface area contributed by atoms with E-state index in [1.165, 1.54) is 12.3 Å². The Morgan fingerprint density at radius 2 is 2.26 bits per heavy atom. The minimum atomic E-state index is -0.333. The van der Waals surface area contributed by atoms with Gasteiger partial charge in [-0.1, -0.05) is 12.1 Å². The molecule has 6 heteroatoms. The number of benzene rings is 1. The van der Waals surface area contributed by atoms with Crippen LogP contribution in [0.3, 0.4) is 0 Å². The zero-order valence-electron chi connectivity index (χ0n) is 12.9. The molecule has 122 valence electrons. The van der Waals surface area contributed by atoms with Crippen molar-refractivity contribution in [2.45, 2.75) is 19.4 Å². The van der Waals surface area contributed by atoms with Gasteiger partial charge in [-0.2, -0.15) is 0 Å². The molecule has 1 aliphatic rings. The molecule has 0 spiro atoms. The number of piperidine rings is 1. The highest BCUT2D eigenvalue weighted by atomic mass is 19.1. The van der Waals surface area contributed by atoms with Crippen molar-refractivity contribution >= 4 is 0 Å². The number of para-hydroxylation sites is 1. The summed E-state index contributed by atoms with van der Waals surface area (Å²) in [5.74, 6) is 0.289. The number of hydrogen-bond donors (Lipinski definition) is 1. The average molecular weight is 317 g/mol. The van der Waals surface area contributed by atoms with Gasteiger partial charge >= 0.3 is 0 Å². The van der Waals surface area contributed by atoms with Gasteiger partial charge in [0.25, 0.3) is 5.56 Å². The molecular weight excluding hydrogens is 297 g/mol. The lowest BCUT2D eigenvalue weighted by Gasteiger charge is -2.32. The van der Waals surface area contributed by atoms with Gasteiger partial charge in [0.2, 0.25) is 0 Å². The van der Waals surface area contributed by atoms with Crippen LogP contribution in [0.1, 0.15) is 18.5 Å². The second kappa shape index (κ2) is 7.37. The maximum Gasteiger partial charge on any atom is 0.270 e. The van der Waals surface area contributed by atoms with E-state index in [0.717, 1.165) is 25.9 Å². The van der Waals surface area contributed by atoms with Crippen LogP contribution in [0.15, 0.2) is 41.5 Å². The minimum Gasteiger partial charge on any atom is -0.490 e. The van der Waals surface area contributed by atoms with Crippen LogP contribution in [0.5, 0.6) is 5.75 Å². The summed E-state index contributed by atoms with van der Waals surface area (Å²) in [6.45, 7) is 2.78. The lowest BCUT2D eigenvalue weighted by atomic mass is 9.99. The summed E-state index contributed by atoms with van der Waals surface area (Å²) in [6, 6.07) is 6.45. The van der Waals surface area contributed by atoms with Crippen molar-refractivity contribution in [2.24, 2.45) is 5.92 Å². The van der Waals surface area contributed by atoms with Crippen LogP contribution in [0.2, 0.25) is 0 Å². The lowest BCUT2D eigenvalue weighted by Crippen LogP contribution is -2.38. The first kappa shape index (κ1) is 15.7. The maximum atomic E-state index is 13.6. The molecule has 2 heterocycles. The van der Waals surface area contributed by atoms with Gasteiger partial charge in [0, 0.05) is 31.4 Å². The number of likely N-dealkylation sites (tertiary alicyclic amines) is 1. The molecule has 0 saturated carbocycles. The fourth-order valence-electron chi connectivity index (χ4n) is 2.91. The van der Waals surface area contributed by atoms with E-state index in [0.29, 0.717) is 30.5 Å². The van der Waals surface area contributed by atoms with E-state index in [4.69, 9.17) is 4.74 Å². The summed E-state index contributed by atoms with van der Waals surface area (Å²) in [5.41, 5.74) is 0.389. The van der Waals surface area contributed by atoms with Crippen molar-refractivity contribution in [2.75, 3.05) is 19.7 Å². The topological polar surface area (TPSA) is 58.2 Å². The number of ether oxygens (including phenoxy) is 1. The van der Waals surface area contributed by atoms with Gasteiger partial charge in [-0.3, -0.25) is 14.7 Å². The quantitative estimate of drug-likeness (QED) is 0.918. The third-order valence-corrected chi connectivity index (χ3v) is 4.07. The minimum absolute atomic E-state index is 0.141. The third-order valence-electron chi connectivity index (χ3n) is 4.07. The van der Waals surface area contributed by atoms with Crippen LogP contribution in [0.4, 0.5) is 4.39 Å². The Kier molecular flexibility index (Phi) is 5.02. The van der Waals surface area contributed by atoms with Crippen LogP contribution in [0.25, 0.3) is 0 Å². The van der Waals surface area contributed by atoms with E-state index in [-0.39, 0.29) is 11.4 Å². The Bertz CT molecular complexity index is 704. The normalized spacial score (nSPS) is 18.7. The summed E-state index contributed by atoms with van der Waals surface area (Å²) in [7, 11) is 0. The lowest BCUT2D eigenvalue weighted by molar-refractivity contribution is 0.122. The van der Waals surface area contributed by atoms with Crippen LogP contribution < -0.4 is 10.3 Å². The first-order valence-electron chi connectivity index (χ1n) is 7.84. The van der Waals surface area contributed by atoms with Crippen molar-refractivity contribution in [1.29, 1.82) is 0 Å². The smallest absolute Gasteiger partial charge is 0.270 e. The molecular formula is C17H20FN3O2. The number of halogens is 1. The second-order valence-electron chi connectivity index (χ2n) is 5.85. The summed E-state index contributed by atoms with van der Waals surface area (Å²) >= 11 is 0. The molecule has 23 heavy (non-hydrogen) atoms. The number of rotatable bonds is 5. The van der Waals surface area contributed by atoms with Crippen LogP contribution >= 0.6 is 0 Å². The largest absolute Gasteiger partial charge is 0.490 e. The van der Waals surface area contributed by atoms with Crippen molar-refractivity contribution in [1.82, 2.24) is 14.9 Å². The molecule has 5 nitrogen and oxygen atoms in total. The zero-order chi connectivity index (χ0) is 16.1. The second-order valence-corrected chi connectivity index (χ2v) is 5.85. The SMILES string of the molecule is O=c1[nH]ccnc1CN1CCCC(COc2ccccc2F)C1. The predicted octanol–water partition coefficient (Wildman–Crippen LogP) is 2.20. The van der Waals surface area contributed by atoms with Gasteiger partial charge in [0.15, 0.2) is 11.6 Å². The van der Waals surface area contributed by atoms with Gasteiger partial charge in [0.1, 0.15) is 5.69 Å². The van der Waals surface area contributed by atoms with Crippen LogP contribution in [0, 0.1) is 11.7 Å². The molecule has 3 rings (SSSR count). The van der Waals surface area contributed by atoms with E-state index in [1.54, 1.807) is 24.4 Å². The van der Waals surface area contributed by atoms with Crippen molar-refractivity contribution in [3.8, 4) is 5.75 Å². The van der Waals surface area contributed by atoms with Gasteiger partial charge in [-0.15, -0.1) is 0 Å². The van der Waals surface area contributed by atoms with Gasteiger partial charge in [0.05, 0.1) is 6.61 Å². The highest BCUT2D eigenvalue weighted by molar-refractivity contribution is 5.23. The molecule has 1 atom stereocenters. The molecule has 1 N–H and O–H groups in total. The third kappa shape index (κ3) is 4.16. The molecule has 1 saturated heterocycles. The average Bonchev–Trinajstić information content (AvgIpc) is 2.57. The molecule has 1 aliphatic heterocycles. The summed E-state index contributed by atoms with van der Waals surface area (Å²) in [5, 5.41) is 0. The Labute approximate surface area is 134 Å². The summed E-state index contributed by atoms with van der Waals surface area (Å²) in [6.07, 6.45) is 5.21. The summed E-state index contributed by atoms with van der Waals surface area (Å²) in [4.78, 5) is 20.7. The number of aromatic nitrogens is 2. The Balaban J connectivity index is 1.55. The number of nitrogens with one attached hydrogen (secondary N) is 1. The molecule has 1 unspecified atom stereocenters. The van der Waals surface area contributed by atoms with Crippen molar-refractivity contribution in [3.63, 3.8) is 0 Å². The Hall–Kier alpha value is -2.21. The van der Waals surface area contributed by atoms with Crippen LogP contribution in [-0.2, 0) is 6.54 Å². The van der Waals surface area contributed by atoms with E-state index < -0.39 is 0 Å². The maximum absolute atomic E-state index is 13.6. The highest BCUT2D eigenvalue weighted by Gasteiger charge is 2.22. The molecule has 1 fully saturated rings. The van der Waals surface area contributed by atoms with E-state index >= 15 is 0 Å². The van der Waals surface area contributed by atoms with Crippen LogP contribution in [-0.4, -0.2) is 34.6 Å². The molecule has 0 amide bonds. The summed E-state index contributed by atoms with van der Waals surface area (Å²) < 4.78 is 19.2. The standard InChI is InChI=1S/C17H20FN3O2/c18-14-5-1-2-6-16(14)23-12-13-4-3-9-21(10-13)11-15-17(22)20-8-7-19-15/h1-2,5-8,13H,3-4,9-12H2,(H,20,22). The fraction of sp³-hybridized carbons (Fsp3) is 0.412. The van der Waals surface area contributed by atoms with Crippen molar-refractivity contribution in [3.05, 3.63) is 58.5 Å². The molecule has 0 bridgehead atoms. The Morgan fingerprint density at radius 3 is 3.09 bits per heavy atom.